The van der Waals surface area contributed by atoms with Gasteiger partial charge in [0.1, 0.15) is 0 Å². The summed E-state index contributed by atoms with van der Waals surface area (Å²) in [7, 11) is 1.66. The number of rotatable bonds is 9. The Bertz CT molecular complexity index is 449. The number of hydrogen-bond donors (Lipinski definition) is 1. The fourth-order valence-electron chi connectivity index (χ4n) is 2.30. The smallest absolute Gasteiger partial charge is 0.170 e. The van der Waals surface area contributed by atoms with Crippen molar-refractivity contribution in [2.75, 3.05) is 31.7 Å². The number of nitrogens with zero attached hydrogens (tertiary/aromatic N) is 2. The number of methoxy groups -OCH3 is 1. The Morgan fingerprint density at radius 1 is 1.48 bits per heavy atom. The van der Waals surface area contributed by atoms with E-state index in [0.717, 1.165) is 6.54 Å². The van der Waals surface area contributed by atoms with Gasteiger partial charge in [-0.25, -0.2) is 9.37 Å². The number of halogens is 1. The molecule has 1 aromatic rings. The zero-order valence-corrected chi connectivity index (χ0v) is 13.2. The summed E-state index contributed by atoms with van der Waals surface area (Å²) in [6.07, 6.45) is 4.10. The van der Waals surface area contributed by atoms with E-state index >= 15 is 0 Å². The summed E-state index contributed by atoms with van der Waals surface area (Å²) in [4.78, 5) is 6.23. The third kappa shape index (κ3) is 4.93. The maximum atomic E-state index is 14.7. The number of hydrogen-bond acceptors (Lipinski definition) is 4. The summed E-state index contributed by atoms with van der Waals surface area (Å²) in [5, 5.41) is 3.35. The van der Waals surface area contributed by atoms with E-state index in [1.807, 2.05) is 4.90 Å². The van der Waals surface area contributed by atoms with E-state index in [9.17, 15) is 4.39 Å². The van der Waals surface area contributed by atoms with Gasteiger partial charge in [0.25, 0.3) is 0 Å². The number of pyridine rings is 1. The molecule has 0 spiro atoms. The number of anilines is 1. The summed E-state index contributed by atoms with van der Waals surface area (Å²) >= 11 is 0. The molecule has 1 aromatic heterocycles. The molecule has 0 radical (unpaired) electrons. The second-order valence-corrected chi connectivity index (χ2v) is 6.10. The molecular weight excluding hydrogens is 269 g/mol. The molecule has 0 saturated heterocycles. The maximum Gasteiger partial charge on any atom is 0.170 e. The van der Waals surface area contributed by atoms with Gasteiger partial charge < -0.3 is 15.0 Å². The van der Waals surface area contributed by atoms with Crippen LogP contribution in [0.4, 0.5) is 10.2 Å². The van der Waals surface area contributed by atoms with Crippen molar-refractivity contribution in [1.82, 2.24) is 10.3 Å². The third-order valence-corrected chi connectivity index (χ3v) is 3.56. The van der Waals surface area contributed by atoms with E-state index in [1.54, 1.807) is 19.4 Å². The summed E-state index contributed by atoms with van der Waals surface area (Å²) < 4.78 is 19.8. The van der Waals surface area contributed by atoms with Gasteiger partial charge in [0.05, 0.1) is 6.61 Å². The number of nitrogens with one attached hydrogen (secondary N) is 1. The molecule has 1 aliphatic carbocycles. The van der Waals surface area contributed by atoms with Crippen LogP contribution >= 0.6 is 0 Å². The SMILES string of the molecule is COCCN(CC(C)C)c1nccc(CNC2CC2)c1F. The Labute approximate surface area is 126 Å². The Morgan fingerprint density at radius 2 is 2.24 bits per heavy atom. The monoisotopic (exact) mass is 295 g/mol. The first-order valence-corrected chi connectivity index (χ1v) is 7.72. The van der Waals surface area contributed by atoms with Gasteiger partial charge in [-0.05, 0) is 24.8 Å². The van der Waals surface area contributed by atoms with Crippen molar-refractivity contribution in [3.8, 4) is 0 Å². The van der Waals surface area contributed by atoms with Crippen LogP contribution in [0.3, 0.4) is 0 Å². The molecule has 5 heteroatoms. The first-order chi connectivity index (χ1) is 10.1. The molecule has 2 rings (SSSR count). The lowest BCUT2D eigenvalue weighted by molar-refractivity contribution is 0.204. The molecule has 0 aliphatic heterocycles. The second-order valence-electron chi connectivity index (χ2n) is 6.10. The molecule has 1 saturated carbocycles. The van der Waals surface area contributed by atoms with Crippen LogP contribution in [0, 0.1) is 11.7 Å². The summed E-state index contributed by atoms with van der Waals surface area (Å²) in [6, 6.07) is 2.33. The van der Waals surface area contributed by atoms with Crippen LogP contribution < -0.4 is 10.2 Å². The van der Waals surface area contributed by atoms with Crippen LogP contribution in [0.15, 0.2) is 12.3 Å². The van der Waals surface area contributed by atoms with Crippen LogP contribution in [0.5, 0.6) is 0 Å². The molecule has 1 fully saturated rings. The van der Waals surface area contributed by atoms with Crippen LogP contribution in [0.1, 0.15) is 32.3 Å². The van der Waals surface area contributed by atoms with Gasteiger partial charge in [-0.3, -0.25) is 0 Å². The fraction of sp³-hybridized carbons (Fsp3) is 0.688. The van der Waals surface area contributed by atoms with Crippen molar-refractivity contribution >= 4 is 5.82 Å². The zero-order valence-electron chi connectivity index (χ0n) is 13.2. The van der Waals surface area contributed by atoms with E-state index in [0.29, 0.717) is 43.0 Å². The average Bonchev–Trinajstić information content (AvgIpc) is 3.26. The predicted octanol–water partition coefficient (Wildman–Crippen LogP) is 2.58. The standard InChI is InChI=1S/C16H26FN3O/c1-12(2)11-20(8-9-21-3)16-15(17)13(6-7-18-16)10-19-14-4-5-14/h6-7,12,14,19H,4-5,8-11H2,1-3H3. The Balaban J connectivity index is 2.11. The first-order valence-electron chi connectivity index (χ1n) is 7.72. The van der Waals surface area contributed by atoms with Gasteiger partial charge in [0.2, 0.25) is 0 Å². The molecule has 118 valence electrons. The Morgan fingerprint density at radius 3 is 2.86 bits per heavy atom. The molecule has 0 atom stereocenters. The van der Waals surface area contributed by atoms with Crippen molar-refractivity contribution in [2.45, 2.75) is 39.3 Å². The molecule has 21 heavy (non-hydrogen) atoms. The lowest BCUT2D eigenvalue weighted by Gasteiger charge is -2.26. The molecule has 0 aromatic carbocycles. The highest BCUT2D eigenvalue weighted by molar-refractivity contribution is 5.43. The summed E-state index contributed by atoms with van der Waals surface area (Å²) in [5.41, 5.74) is 0.693. The van der Waals surface area contributed by atoms with Crippen molar-refractivity contribution in [2.24, 2.45) is 5.92 Å². The minimum atomic E-state index is -0.206. The molecular formula is C16H26FN3O. The average molecular weight is 295 g/mol. The van der Waals surface area contributed by atoms with E-state index in [1.165, 1.54) is 12.8 Å². The molecule has 0 amide bonds. The molecule has 4 nitrogen and oxygen atoms in total. The van der Waals surface area contributed by atoms with Crippen LogP contribution in [-0.4, -0.2) is 37.8 Å². The third-order valence-electron chi connectivity index (χ3n) is 3.56. The topological polar surface area (TPSA) is 37.4 Å². The van der Waals surface area contributed by atoms with E-state index in [2.05, 4.69) is 24.1 Å². The summed E-state index contributed by atoms with van der Waals surface area (Å²) in [5.74, 6) is 0.676. The van der Waals surface area contributed by atoms with Crippen molar-refractivity contribution in [3.05, 3.63) is 23.6 Å². The number of aromatic nitrogens is 1. The van der Waals surface area contributed by atoms with E-state index in [4.69, 9.17) is 4.74 Å². The molecule has 1 heterocycles. The summed E-state index contributed by atoms with van der Waals surface area (Å²) in [6.45, 7) is 6.81. The van der Waals surface area contributed by atoms with Crippen molar-refractivity contribution in [3.63, 3.8) is 0 Å². The highest BCUT2D eigenvalue weighted by Crippen LogP contribution is 2.23. The van der Waals surface area contributed by atoms with Crippen molar-refractivity contribution in [1.29, 1.82) is 0 Å². The van der Waals surface area contributed by atoms with Gasteiger partial charge in [0.15, 0.2) is 11.6 Å². The van der Waals surface area contributed by atoms with Gasteiger partial charge in [-0.15, -0.1) is 0 Å². The van der Waals surface area contributed by atoms with Crippen LogP contribution in [0.25, 0.3) is 0 Å². The van der Waals surface area contributed by atoms with Crippen LogP contribution in [0.2, 0.25) is 0 Å². The van der Waals surface area contributed by atoms with Crippen LogP contribution in [-0.2, 0) is 11.3 Å². The lowest BCUT2D eigenvalue weighted by atomic mass is 10.2. The minimum Gasteiger partial charge on any atom is -0.383 e. The first kappa shape index (κ1) is 16.2. The quantitative estimate of drug-likeness (QED) is 0.760. The highest BCUT2D eigenvalue weighted by Gasteiger charge is 2.22. The fourth-order valence-corrected chi connectivity index (χ4v) is 2.30. The van der Waals surface area contributed by atoms with Gasteiger partial charge in [0, 0.05) is 44.5 Å². The largest absolute Gasteiger partial charge is 0.383 e. The zero-order chi connectivity index (χ0) is 15.2. The number of ether oxygens (including phenoxy) is 1. The lowest BCUT2D eigenvalue weighted by Crippen LogP contribution is -2.33. The Kier molecular flexibility index (Phi) is 5.94. The predicted molar refractivity (Wildman–Crippen MR) is 83.0 cm³/mol. The van der Waals surface area contributed by atoms with E-state index < -0.39 is 0 Å². The second kappa shape index (κ2) is 7.71. The molecule has 0 unspecified atom stereocenters. The minimum absolute atomic E-state index is 0.206. The van der Waals surface area contributed by atoms with Gasteiger partial charge in [-0.1, -0.05) is 13.8 Å². The molecule has 1 aliphatic rings. The van der Waals surface area contributed by atoms with Gasteiger partial charge >= 0.3 is 0 Å². The van der Waals surface area contributed by atoms with E-state index in [-0.39, 0.29) is 5.82 Å². The highest BCUT2D eigenvalue weighted by atomic mass is 19.1. The molecule has 1 N–H and O–H groups in total. The van der Waals surface area contributed by atoms with Crippen molar-refractivity contribution < 1.29 is 9.13 Å². The maximum absolute atomic E-state index is 14.7. The van der Waals surface area contributed by atoms with Gasteiger partial charge in [-0.2, -0.15) is 0 Å². The normalized spacial score (nSPS) is 14.7. The Hall–Kier alpha value is -1.20. The molecule has 0 bridgehead atoms.